The Morgan fingerprint density at radius 3 is 2.42 bits per heavy atom. The van der Waals surface area contributed by atoms with Gasteiger partial charge in [-0.15, -0.1) is 0 Å². The third-order valence-corrected chi connectivity index (χ3v) is 4.17. The summed E-state index contributed by atoms with van der Waals surface area (Å²) in [7, 11) is 1.60. The van der Waals surface area contributed by atoms with Crippen LogP contribution in [0.5, 0.6) is 0 Å². The molecule has 2 rings (SSSR count). The first-order chi connectivity index (χ1) is 9.05. The predicted molar refractivity (Wildman–Crippen MR) is 69.4 cm³/mol. The van der Waals surface area contributed by atoms with Gasteiger partial charge in [0.25, 0.3) is 0 Å². The van der Waals surface area contributed by atoms with E-state index in [0.29, 0.717) is 0 Å². The van der Waals surface area contributed by atoms with Crippen molar-refractivity contribution >= 4 is 0 Å². The zero-order chi connectivity index (χ0) is 14.0. The van der Waals surface area contributed by atoms with Gasteiger partial charge in [-0.05, 0) is 25.3 Å². The largest absolute Gasteiger partial charge is 0.376 e. The van der Waals surface area contributed by atoms with Crippen LogP contribution < -0.4 is 11.3 Å². The Labute approximate surface area is 112 Å². The quantitative estimate of drug-likeness (QED) is 0.653. The molecule has 0 aliphatic heterocycles. The van der Waals surface area contributed by atoms with Crippen molar-refractivity contribution < 1.29 is 13.5 Å². The molecule has 3 N–H and O–H groups in total. The van der Waals surface area contributed by atoms with Crippen LogP contribution in [0.3, 0.4) is 0 Å². The zero-order valence-corrected chi connectivity index (χ0v) is 11.3. The Balaban J connectivity index is 2.45. The van der Waals surface area contributed by atoms with E-state index >= 15 is 0 Å². The van der Waals surface area contributed by atoms with Crippen molar-refractivity contribution in [2.24, 2.45) is 5.84 Å². The Morgan fingerprint density at radius 1 is 1.26 bits per heavy atom. The molecule has 19 heavy (non-hydrogen) atoms. The summed E-state index contributed by atoms with van der Waals surface area (Å²) in [6.45, 7) is 1.54. The predicted octanol–water partition coefficient (Wildman–Crippen LogP) is 2.74. The average molecular weight is 270 g/mol. The number of nitrogens with two attached hydrogens (primary N) is 1. The van der Waals surface area contributed by atoms with Gasteiger partial charge >= 0.3 is 0 Å². The third-order valence-electron chi connectivity index (χ3n) is 4.17. The molecular formula is C14H20F2N2O. The Morgan fingerprint density at radius 2 is 1.89 bits per heavy atom. The van der Waals surface area contributed by atoms with Gasteiger partial charge in [-0.1, -0.05) is 25.0 Å². The van der Waals surface area contributed by atoms with E-state index in [1.54, 1.807) is 19.2 Å². The van der Waals surface area contributed by atoms with E-state index in [1.807, 2.05) is 0 Å². The Kier molecular flexibility index (Phi) is 4.18. The number of hydrogen-bond acceptors (Lipinski definition) is 3. The monoisotopic (exact) mass is 270 g/mol. The molecule has 0 radical (unpaired) electrons. The van der Waals surface area contributed by atoms with Crippen molar-refractivity contribution in [1.29, 1.82) is 0 Å². The molecule has 1 unspecified atom stereocenters. The first-order valence-electron chi connectivity index (χ1n) is 6.51. The van der Waals surface area contributed by atoms with Crippen molar-refractivity contribution in [3.8, 4) is 0 Å². The standard InChI is InChI=1S/C14H20F2N2O/c1-9-5-6-10(12(16)11(9)15)13(18-17)14(19-2)7-3-4-8-14/h5-6,13,18H,3-4,7-8,17H2,1-2H3. The number of hydrogen-bond donors (Lipinski definition) is 2. The van der Waals surface area contributed by atoms with E-state index < -0.39 is 23.3 Å². The second-order valence-corrected chi connectivity index (χ2v) is 5.18. The Hall–Kier alpha value is -1.04. The molecule has 0 amide bonds. The molecule has 3 nitrogen and oxygen atoms in total. The molecule has 0 saturated heterocycles. The lowest BCUT2D eigenvalue weighted by Crippen LogP contribution is -2.46. The minimum atomic E-state index is -0.841. The van der Waals surface area contributed by atoms with Crippen molar-refractivity contribution in [1.82, 2.24) is 5.43 Å². The maximum atomic E-state index is 14.1. The van der Waals surface area contributed by atoms with E-state index in [1.165, 1.54) is 6.92 Å². The molecule has 1 aliphatic rings. The van der Waals surface area contributed by atoms with Gasteiger partial charge < -0.3 is 4.74 Å². The SMILES string of the molecule is COC1(C(NN)c2ccc(C)c(F)c2F)CCCC1. The van der Waals surface area contributed by atoms with Gasteiger partial charge in [0.2, 0.25) is 0 Å². The lowest BCUT2D eigenvalue weighted by Gasteiger charge is -2.36. The molecule has 5 heteroatoms. The summed E-state index contributed by atoms with van der Waals surface area (Å²) in [5.41, 5.74) is 2.57. The Bertz CT molecular complexity index is 459. The van der Waals surface area contributed by atoms with Crippen LogP contribution in [-0.4, -0.2) is 12.7 Å². The van der Waals surface area contributed by atoms with Crippen molar-refractivity contribution in [2.45, 2.75) is 44.2 Å². The van der Waals surface area contributed by atoms with E-state index in [-0.39, 0.29) is 11.1 Å². The number of methoxy groups -OCH3 is 1. The summed E-state index contributed by atoms with van der Waals surface area (Å²) in [5.74, 6) is 3.92. The highest BCUT2D eigenvalue weighted by atomic mass is 19.2. The minimum Gasteiger partial charge on any atom is -0.376 e. The van der Waals surface area contributed by atoms with E-state index in [2.05, 4.69) is 5.43 Å². The summed E-state index contributed by atoms with van der Waals surface area (Å²) in [6, 6.07) is 2.60. The van der Waals surface area contributed by atoms with Gasteiger partial charge in [0.15, 0.2) is 11.6 Å². The van der Waals surface area contributed by atoms with Crippen LogP contribution in [0.15, 0.2) is 12.1 Å². The summed E-state index contributed by atoms with van der Waals surface area (Å²) < 4.78 is 33.5. The van der Waals surface area contributed by atoms with Gasteiger partial charge in [-0.2, -0.15) is 0 Å². The molecule has 1 aliphatic carbocycles. The number of hydrazine groups is 1. The highest BCUT2D eigenvalue weighted by Gasteiger charge is 2.43. The topological polar surface area (TPSA) is 47.3 Å². The lowest BCUT2D eigenvalue weighted by atomic mass is 9.86. The fourth-order valence-corrected chi connectivity index (χ4v) is 2.99. The van der Waals surface area contributed by atoms with Gasteiger partial charge in [-0.3, -0.25) is 5.84 Å². The van der Waals surface area contributed by atoms with Gasteiger partial charge in [0.1, 0.15) is 0 Å². The second-order valence-electron chi connectivity index (χ2n) is 5.18. The number of nitrogens with one attached hydrogen (secondary N) is 1. The number of benzene rings is 1. The smallest absolute Gasteiger partial charge is 0.164 e. The summed E-state index contributed by atoms with van der Waals surface area (Å²) >= 11 is 0. The molecule has 0 spiro atoms. The highest BCUT2D eigenvalue weighted by Crippen LogP contribution is 2.43. The van der Waals surface area contributed by atoms with Crippen molar-refractivity contribution in [2.75, 3.05) is 7.11 Å². The van der Waals surface area contributed by atoms with Crippen LogP contribution in [0.4, 0.5) is 8.78 Å². The van der Waals surface area contributed by atoms with Gasteiger partial charge in [-0.25, -0.2) is 14.2 Å². The number of rotatable bonds is 4. The van der Waals surface area contributed by atoms with Crippen molar-refractivity contribution in [3.63, 3.8) is 0 Å². The minimum absolute atomic E-state index is 0.231. The van der Waals surface area contributed by atoms with Crippen LogP contribution in [0, 0.1) is 18.6 Å². The molecule has 1 aromatic carbocycles. The lowest BCUT2D eigenvalue weighted by molar-refractivity contribution is -0.0378. The van der Waals surface area contributed by atoms with Crippen LogP contribution >= 0.6 is 0 Å². The van der Waals surface area contributed by atoms with Gasteiger partial charge in [0, 0.05) is 12.7 Å². The van der Waals surface area contributed by atoms with Crippen LogP contribution in [-0.2, 0) is 4.74 Å². The summed E-state index contributed by atoms with van der Waals surface area (Å²) in [6.07, 6.45) is 3.57. The molecule has 1 aromatic rings. The van der Waals surface area contributed by atoms with E-state index in [4.69, 9.17) is 10.6 Å². The summed E-state index contributed by atoms with van der Waals surface area (Å²) in [5, 5.41) is 0. The van der Waals surface area contributed by atoms with Gasteiger partial charge in [0.05, 0.1) is 11.6 Å². The van der Waals surface area contributed by atoms with Crippen molar-refractivity contribution in [3.05, 3.63) is 34.9 Å². The fourth-order valence-electron chi connectivity index (χ4n) is 2.99. The zero-order valence-electron chi connectivity index (χ0n) is 11.3. The van der Waals surface area contributed by atoms with E-state index in [9.17, 15) is 8.78 Å². The third kappa shape index (κ3) is 2.38. The number of ether oxygens (including phenoxy) is 1. The molecule has 0 aromatic heterocycles. The van der Waals surface area contributed by atoms with Crippen LogP contribution in [0.25, 0.3) is 0 Å². The number of aryl methyl sites for hydroxylation is 1. The van der Waals surface area contributed by atoms with E-state index in [0.717, 1.165) is 25.7 Å². The first kappa shape index (κ1) is 14.4. The average Bonchev–Trinajstić information content (AvgIpc) is 2.89. The fraction of sp³-hybridized carbons (Fsp3) is 0.571. The van der Waals surface area contributed by atoms with Crippen LogP contribution in [0.1, 0.15) is 42.9 Å². The molecule has 0 heterocycles. The second kappa shape index (κ2) is 5.53. The highest BCUT2D eigenvalue weighted by molar-refractivity contribution is 5.30. The van der Waals surface area contributed by atoms with Crippen LogP contribution in [0.2, 0.25) is 0 Å². The first-order valence-corrected chi connectivity index (χ1v) is 6.51. The molecule has 1 saturated carbocycles. The summed E-state index contributed by atoms with van der Waals surface area (Å²) in [4.78, 5) is 0. The molecule has 0 bridgehead atoms. The number of halogens is 2. The maximum absolute atomic E-state index is 14.1. The molecule has 1 atom stereocenters. The normalized spacial score (nSPS) is 19.6. The molecule has 106 valence electrons. The maximum Gasteiger partial charge on any atom is 0.164 e. The molecular weight excluding hydrogens is 250 g/mol. The molecule has 1 fully saturated rings.